The molecular weight excluding hydrogens is 506 g/mol. The molecular formula is C34H19N7. The second kappa shape index (κ2) is 9.75. The SMILES string of the molecule is N#Cc1ccc(C2=Cc3c(-c4ccc(-c5c(N)cc(C#N)cc5C#N)cc4)nc4ccccc4c3C(=N)C2=N)cc1. The maximum Gasteiger partial charge on any atom is 0.0999 e. The van der Waals surface area contributed by atoms with Crippen LogP contribution in [0.2, 0.25) is 0 Å². The Hall–Kier alpha value is -6.36. The Morgan fingerprint density at radius 1 is 0.659 bits per heavy atom. The van der Waals surface area contributed by atoms with Gasteiger partial charge in [0, 0.05) is 38.9 Å². The molecule has 0 radical (unpaired) electrons. The number of allylic oxidation sites excluding steroid dienone is 1. The Balaban J connectivity index is 1.55. The quantitative estimate of drug-likeness (QED) is 0.223. The van der Waals surface area contributed by atoms with Crippen molar-refractivity contribution in [2.24, 2.45) is 0 Å². The molecule has 0 bridgehead atoms. The molecule has 4 aromatic carbocycles. The highest BCUT2D eigenvalue weighted by molar-refractivity contribution is 6.64. The van der Waals surface area contributed by atoms with Gasteiger partial charge in [-0.1, -0.05) is 54.6 Å². The molecule has 0 amide bonds. The van der Waals surface area contributed by atoms with Crippen LogP contribution < -0.4 is 5.73 Å². The van der Waals surface area contributed by atoms with Crippen LogP contribution in [0.15, 0.2) is 84.9 Å². The number of hydrogen-bond donors (Lipinski definition) is 3. The fourth-order valence-electron chi connectivity index (χ4n) is 5.22. The van der Waals surface area contributed by atoms with E-state index in [0.717, 1.165) is 27.6 Å². The summed E-state index contributed by atoms with van der Waals surface area (Å²) in [6, 6.07) is 31.4. The van der Waals surface area contributed by atoms with Crippen LogP contribution >= 0.6 is 0 Å². The number of nitrogens with zero attached hydrogens (tertiary/aromatic N) is 4. The van der Waals surface area contributed by atoms with Crippen molar-refractivity contribution in [1.82, 2.24) is 4.98 Å². The Bertz CT molecular complexity index is 2100. The average molecular weight is 526 g/mol. The highest BCUT2D eigenvalue weighted by Crippen LogP contribution is 2.39. The molecule has 7 heteroatoms. The van der Waals surface area contributed by atoms with Crippen molar-refractivity contribution in [3.63, 3.8) is 0 Å². The minimum atomic E-state index is 0.0974. The number of nitriles is 3. The molecule has 5 aromatic rings. The monoisotopic (exact) mass is 525 g/mol. The first-order valence-electron chi connectivity index (χ1n) is 12.6. The van der Waals surface area contributed by atoms with Gasteiger partial charge in [-0.25, -0.2) is 4.98 Å². The predicted octanol–water partition coefficient (Wildman–Crippen LogP) is 6.71. The fraction of sp³-hybridized carbons (Fsp3) is 0. The number of nitrogens with two attached hydrogens (primary N) is 1. The van der Waals surface area contributed by atoms with Gasteiger partial charge >= 0.3 is 0 Å². The molecule has 190 valence electrons. The van der Waals surface area contributed by atoms with Gasteiger partial charge in [0.1, 0.15) is 0 Å². The van der Waals surface area contributed by atoms with Gasteiger partial charge in [0.2, 0.25) is 0 Å². The zero-order chi connectivity index (χ0) is 28.7. The summed E-state index contributed by atoms with van der Waals surface area (Å²) in [6.45, 7) is 0. The molecule has 0 unspecified atom stereocenters. The number of rotatable bonds is 3. The molecule has 1 aliphatic carbocycles. The van der Waals surface area contributed by atoms with E-state index in [2.05, 4.69) is 12.1 Å². The minimum absolute atomic E-state index is 0.0974. The maximum absolute atomic E-state index is 9.70. The third-order valence-electron chi connectivity index (χ3n) is 7.18. The van der Waals surface area contributed by atoms with Crippen molar-refractivity contribution in [2.45, 2.75) is 0 Å². The van der Waals surface area contributed by atoms with Crippen LogP contribution in [-0.4, -0.2) is 16.4 Å². The normalized spacial score (nSPS) is 12.2. The molecule has 4 N–H and O–H groups in total. The Kier molecular flexibility index (Phi) is 5.93. The van der Waals surface area contributed by atoms with Crippen LogP contribution in [-0.2, 0) is 0 Å². The zero-order valence-corrected chi connectivity index (χ0v) is 21.5. The summed E-state index contributed by atoms with van der Waals surface area (Å²) in [6.07, 6.45) is 1.90. The zero-order valence-electron chi connectivity index (χ0n) is 21.5. The second-order valence-electron chi connectivity index (χ2n) is 9.55. The van der Waals surface area contributed by atoms with Gasteiger partial charge in [-0.15, -0.1) is 0 Å². The number of aromatic nitrogens is 1. The Morgan fingerprint density at radius 2 is 1.32 bits per heavy atom. The van der Waals surface area contributed by atoms with Crippen LogP contribution in [0.5, 0.6) is 0 Å². The van der Waals surface area contributed by atoms with E-state index >= 15 is 0 Å². The summed E-state index contributed by atoms with van der Waals surface area (Å²) in [7, 11) is 0. The van der Waals surface area contributed by atoms with E-state index in [1.165, 1.54) is 6.07 Å². The maximum atomic E-state index is 9.70. The summed E-state index contributed by atoms with van der Waals surface area (Å²) in [5, 5.41) is 46.8. The van der Waals surface area contributed by atoms with E-state index in [4.69, 9.17) is 21.5 Å². The van der Waals surface area contributed by atoms with Gasteiger partial charge in [0.25, 0.3) is 0 Å². The molecule has 1 aromatic heterocycles. The number of pyridine rings is 1. The third-order valence-corrected chi connectivity index (χ3v) is 7.18. The lowest BCUT2D eigenvalue weighted by atomic mass is 9.82. The van der Waals surface area contributed by atoms with Gasteiger partial charge in [-0.2, -0.15) is 15.8 Å². The molecule has 6 rings (SSSR count). The molecule has 0 fully saturated rings. The first-order chi connectivity index (χ1) is 19.9. The van der Waals surface area contributed by atoms with E-state index in [1.54, 1.807) is 30.3 Å². The van der Waals surface area contributed by atoms with Crippen LogP contribution in [0.1, 0.15) is 33.4 Å². The highest BCUT2D eigenvalue weighted by Gasteiger charge is 2.27. The lowest BCUT2D eigenvalue weighted by Gasteiger charge is -2.23. The van der Waals surface area contributed by atoms with E-state index in [-0.39, 0.29) is 11.4 Å². The predicted molar refractivity (Wildman–Crippen MR) is 160 cm³/mol. The smallest absolute Gasteiger partial charge is 0.0999 e. The fourth-order valence-corrected chi connectivity index (χ4v) is 5.22. The molecule has 1 heterocycles. The van der Waals surface area contributed by atoms with Crippen LogP contribution in [0.25, 0.3) is 44.9 Å². The van der Waals surface area contributed by atoms with Gasteiger partial charge in [-0.05, 0) is 47.5 Å². The molecule has 1 aliphatic rings. The number of anilines is 1. The van der Waals surface area contributed by atoms with Crippen molar-refractivity contribution in [1.29, 1.82) is 26.6 Å². The van der Waals surface area contributed by atoms with Gasteiger partial charge in [-0.3, -0.25) is 10.8 Å². The number of para-hydroxylation sites is 1. The Labute approximate surface area is 235 Å². The lowest BCUT2D eigenvalue weighted by molar-refractivity contribution is 1.36. The molecule has 0 aliphatic heterocycles. The van der Waals surface area contributed by atoms with Crippen LogP contribution in [0.4, 0.5) is 5.69 Å². The number of nitrogen functional groups attached to an aromatic ring is 1. The van der Waals surface area contributed by atoms with E-state index in [9.17, 15) is 15.8 Å². The molecule has 7 nitrogen and oxygen atoms in total. The van der Waals surface area contributed by atoms with Gasteiger partial charge in [0.15, 0.2) is 0 Å². The van der Waals surface area contributed by atoms with Crippen LogP contribution in [0.3, 0.4) is 0 Å². The number of fused-ring (bicyclic) bond motifs is 3. The lowest BCUT2D eigenvalue weighted by Crippen LogP contribution is -2.21. The summed E-state index contributed by atoms with van der Waals surface area (Å²) in [5.74, 6) is 0. The Morgan fingerprint density at radius 3 is 2.00 bits per heavy atom. The summed E-state index contributed by atoms with van der Waals surface area (Å²) in [5.41, 5.74) is 14.1. The van der Waals surface area contributed by atoms with Crippen molar-refractivity contribution in [3.05, 3.63) is 118 Å². The second-order valence-corrected chi connectivity index (χ2v) is 9.55. The van der Waals surface area contributed by atoms with Crippen molar-refractivity contribution >= 4 is 39.7 Å². The van der Waals surface area contributed by atoms with Crippen molar-refractivity contribution in [3.8, 4) is 40.6 Å². The third kappa shape index (κ3) is 4.10. The molecule has 0 spiro atoms. The first kappa shape index (κ1) is 24.9. The standard InChI is InChI=1S/C34H19N7/c35-16-19-5-7-21(8-6-19)26-15-27-31(33(40)32(26)39)25-3-1-2-4-29(25)41-34(27)23-11-9-22(10-12-23)30-24(18-37)13-20(17-36)14-28(30)38/h1-15,39-40H,38H2. The molecule has 0 atom stereocenters. The largest absolute Gasteiger partial charge is 0.398 e. The van der Waals surface area contributed by atoms with Gasteiger partial charge < -0.3 is 5.73 Å². The number of hydrogen-bond acceptors (Lipinski definition) is 7. The first-order valence-corrected chi connectivity index (χ1v) is 12.6. The van der Waals surface area contributed by atoms with Crippen LogP contribution in [0, 0.1) is 44.8 Å². The minimum Gasteiger partial charge on any atom is -0.398 e. The highest BCUT2D eigenvalue weighted by atomic mass is 14.7. The van der Waals surface area contributed by atoms with Crippen molar-refractivity contribution in [2.75, 3.05) is 5.73 Å². The van der Waals surface area contributed by atoms with E-state index < -0.39 is 0 Å². The summed E-state index contributed by atoms with van der Waals surface area (Å²) < 4.78 is 0. The number of benzene rings is 4. The number of nitrogens with one attached hydrogen (secondary N) is 2. The molecule has 0 saturated heterocycles. The topological polar surface area (TPSA) is 158 Å². The molecule has 41 heavy (non-hydrogen) atoms. The summed E-state index contributed by atoms with van der Waals surface area (Å²) in [4.78, 5) is 4.98. The molecule has 0 saturated carbocycles. The summed E-state index contributed by atoms with van der Waals surface area (Å²) >= 11 is 0. The van der Waals surface area contributed by atoms with E-state index in [0.29, 0.717) is 50.3 Å². The van der Waals surface area contributed by atoms with E-state index in [1.807, 2.05) is 60.7 Å². The van der Waals surface area contributed by atoms with Gasteiger partial charge in [0.05, 0.1) is 57.5 Å². The average Bonchev–Trinajstić information content (AvgIpc) is 3.01. The van der Waals surface area contributed by atoms with Crippen molar-refractivity contribution < 1.29 is 0 Å².